The zero-order valence-electron chi connectivity index (χ0n) is 11.9. The predicted molar refractivity (Wildman–Crippen MR) is 82.7 cm³/mol. The summed E-state index contributed by atoms with van der Waals surface area (Å²) in [7, 11) is 0. The van der Waals surface area contributed by atoms with Crippen LogP contribution in [0.15, 0.2) is 17.9 Å². The highest BCUT2D eigenvalue weighted by atomic mass is 32.1. The molecular weight excluding hydrogens is 272 g/mol. The lowest BCUT2D eigenvalue weighted by molar-refractivity contribution is 0.729. The van der Waals surface area contributed by atoms with Crippen molar-refractivity contribution in [2.24, 2.45) is 5.84 Å². The SMILES string of the molecule is CCC(Nc1ncnc(NN)c1C(C)C)c1nccs1. The highest BCUT2D eigenvalue weighted by Gasteiger charge is 2.18. The molecule has 0 radical (unpaired) electrons. The van der Waals surface area contributed by atoms with E-state index in [-0.39, 0.29) is 12.0 Å². The second-order valence-corrected chi connectivity index (χ2v) is 5.69. The van der Waals surface area contributed by atoms with Crippen LogP contribution < -0.4 is 16.6 Å². The Kier molecular flexibility index (Phi) is 4.86. The molecule has 0 aliphatic rings. The Bertz CT molecular complexity index is 540. The first-order valence-electron chi connectivity index (χ1n) is 6.64. The second-order valence-electron chi connectivity index (χ2n) is 4.76. The van der Waals surface area contributed by atoms with Crippen LogP contribution in [0.1, 0.15) is 49.7 Å². The van der Waals surface area contributed by atoms with E-state index >= 15 is 0 Å². The lowest BCUT2D eigenvalue weighted by atomic mass is 10.0. The maximum absolute atomic E-state index is 5.54. The smallest absolute Gasteiger partial charge is 0.148 e. The van der Waals surface area contributed by atoms with Crippen LogP contribution in [0.2, 0.25) is 0 Å². The number of hydrazine groups is 1. The van der Waals surface area contributed by atoms with Crippen LogP contribution in [0.5, 0.6) is 0 Å². The van der Waals surface area contributed by atoms with Crippen LogP contribution in [0.25, 0.3) is 0 Å². The number of hydrogen-bond donors (Lipinski definition) is 3. The van der Waals surface area contributed by atoms with Crippen LogP contribution in [-0.2, 0) is 0 Å². The zero-order chi connectivity index (χ0) is 14.5. The van der Waals surface area contributed by atoms with E-state index in [0.29, 0.717) is 5.82 Å². The second kappa shape index (κ2) is 6.62. The van der Waals surface area contributed by atoms with Gasteiger partial charge < -0.3 is 10.7 Å². The van der Waals surface area contributed by atoms with Gasteiger partial charge in [-0.05, 0) is 12.3 Å². The van der Waals surface area contributed by atoms with Gasteiger partial charge in [0.2, 0.25) is 0 Å². The highest BCUT2D eigenvalue weighted by Crippen LogP contribution is 2.31. The number of nitrogens with one attached hydrogen (secondary N) is 2. The van der Waals surface area contributed by atoms with Crippen molar-refractivity contribution in [3.05, 3.63) is 28.5 Å². The quantitative estimate of drug-likeness (QED) is 0.560. The fourth-order valence-corrected chi connectivity index (χ4v) is 2.86. The van der Waals surface area contributed by atoms with E-state index in [1.165, 1.54) is 6.33 Å². The van der Waals surface area contributed by atoms with Crippen molar-refractivity contribution < 1.29 is 0 Å². The van der Waals surface area contributed by atoms with Gasteiger partial charge in [-0.15, -0.1) is 11.3 Å². The molecule has 0 aliphatic carbocycles. The first-order valence-corrected chi connectivity index (χ1v) is 7.52. The van der Waals surface area contributed by atoms with Gasteiger partial charge in [0.05, 0.1) is 6.04 Å². The van der Waals surface area contributed by atoms with Crippen LogP contribution in [0.4, 0.5) is 11.6 Å². The minimum absolute atomic E-state index is 0.146. The Labute approximate surface area is 122 Å². The highest BCUT2D eigenvalue weighted by molar-refractivity contribution is 7.09. The van der Waals surface area contributed by atoms with E-state index < -0.39 is 0 Å². The van der Waals surface area contributed by atoms with Gasteiger partial charge in [0.15, 0.2) is 0 Å². The van der Waals surface area contributed by atoms with Crippen molar-refractivity contribution in [2.45, 2.75) is 39.2 Å². The average Bonchev–Trinajstić information content (AvgIpc) is 2.97. The third-order valence-corrected chi connectivity index (χ3v) is 3.96. The number of thiazole rings is 1. The number of hydrogen-bond acceptors (Lipinski definition) is 7. The molecular formula is C13H20N6S. The lowest BCUT2D eigenvalue weighted by Crippen LogP contribution is -2.17. The number of nitrogens with zero attached hydrogens (tertiary/aromatic N) is 3. The van der Waals surface area contributed by atoms with Gasteiger partial charge in [0, 0.05) is 17.1 Å². The molecule has 0 bridgehead atoms. The molecule has 2 heterocycles. The first-order chi connectivity index (χ1) is 9.67. The molecule has 0 aliphatic heterocycles. The summed E-state index contributed by atoms with van der Waals surface area (Å²) < 4.78 is 0. The van der Waals surface area contributed by atoms with Gasteiger partial charge >= 0.3 is 0 Å². The maximum Gasteiger partial charge on any atom is 0.148 e. The summed E-state index contributed by atoms with van der Waals surface area (Å²) in [6.07, 6.45) is 4.26. The monoisotopic (exact) mass is 292 g/mol. The number of rotatable bonds is 6. The minimum Gasteiger partial charge on any atom is -0.360 e. The Hall–Kier alpha value is -1.73. The normalized spacial score (nSPS) is 12.4. The average molecular weight is 292 g/mol. The molecule has 20 heavy (non-hydrogen) atoms. The molecule has 4 N–H and O–H groups in total. The molecule has 0 spiro atoms. The molecule has 0 saturated heterocycles. The van der Waals surface area contributed by atoms with Gasteiger partial charge in [0.1, 0.15) is 23.0 Å². The van der Waals surface area contributed by atoms with Crippen molar-refractivity contribution in [3.63, 3.8) is 0 Å². The maximum atomic E-state index is 5.54. The Morgan fingerprint density at radius 3 is 2.55 bits per heavy atom. The van der Waals surface area contributed by atoms with Crippen LogP contribution in [-0.4, -0.2) is 15.0 Å². The van der Waals surface area contributed by atoms with E-state index in [9.17, 15) is 0 Å². The van der Waals surface area contributed by atoms with Crippen molar-refractivity contribution in [1.82, 2.24) is 15.0 Å². The standard InChI is InChI=1S/C13H20N6S/c1-4-9(13-15-5-6-20-13)18-11-10(8(2)3)12(19-14)17-7-16-11/h5-9H,4,14H2,1-3H3,(H2,16,17,18,19). The molecule has 1 atom stereocenters. The summed E-state index contributed by atoms with van der Waals surface area (Å²) >= 11 is 1.64. The van der Waals surface area contributed by atoms with E-state index in [2.05, 4.69) is 46.5 Å². The first kappa shape index (κ1) is 14.7. The van der Waals surface area contributed by atoms with E-state index in [1.54, 1.807) is 11.3 Å². The summed E-state index contributed by atoms with van der Waals surface area (Å²) in [5.74, 6) is 7.27. The molecule has 0 fully saturated rings. The molecule has 2 aromatic heterocycles. The van der Waals surface area contributed by atoms with Crippen molar-refractivity contribution >= 4 is 23.0 Å². The Balaban J connectivity index is 2.33. The fourth-order valence-electron chi connectivity index (χ4n) is 2.08. The molecule has 0 amide bonds. The van der Waals surface area contributed by atoms with Gasteiger partial charge in [-0.25, -0.2) is 20.8 Å². The van der Waals surface area contributed by atoms with Crippen LogP contribution >= 0.6 is 11.3 Å². The molecule has 2 aromatic rings. The molecule has 6 nitrogen and oxygen atoms in total. The largest absolute Gasteiger partial charge is 0.360 e. The minimum atomic E-state index is 0.146. The number of anilines is 2. The Morgan fingerprint density at radius 2 is 2.00 bits per heavy atom. The molecule has 2 rings (SSSR count). The summed E-state index contributed by atoms with van der Waals surface area (Å²) in [5.41, 5.74) is 3.63. The summed E-state index contributed by atoms with van der Waals surface area (Å²) in [6.45, 7) is 6.31. The summed E-state index contributed by atoms with van der Waals surface area (Å²) in [4.78, 5) is 12.9. The van der Waals surface area contributed by atoms with Crippen LogP contribution in [0, 0.1) is 0 Å². The van der Waals surface area contributed by atoms with E-state index in [0.717, 1.165) is 22.8 Å². The molecule has 0 aromatic carbocycles. The van der Waals surface area contributed by atoms with Crippen molar-refractivity contribution in [3.8, 4) is 0 Å². The number of aromatic nitrogens is 3. The van der Waals surface area contributed by atoms with E-state index in [4.69, 9.17) is 5.84 Å². The fraction of sp³-hybridized carbons (Fsp3) is 0.462. The third kappa shape index (κ3) is 3.05. The van der Waals surface area contributed by atoms with Crippen LogP contribution in [0.3, 0.4) is 0 Å². The van der Waals surface area contributed by atoms with Gasteiger partial charge in [-0.1, -0.05) is 20.8 Å². The number of nitrogens with two attached hydrogens (primary N) is 1. The number of nitrogen functional groups attached to an aromatic ring is 1. The summed E-state index contributed by atoms with van der Waals surface area (Å²) in [6, 6.07) is 0.146. The zero-order valence-corrected chi connectivity index (χ0v) is 12.7. The van der Waals surface area contributed by atoms with Crippen molar-refractivity contribution in [2.75, 3.05) is 10.7 Å². The predicted octanol–water partition coefficient (Wildman–Crippen LogP) is 2.91. The molecule has 108 valence electrons. The van der Waals surface area contributed by atoms with E-state index in [1.807, 2.05) is 11.6 Å². The summed E-state index contributed by atoms with van der Waals surface area (Å²) in [5, 5.41) is 6.50. The topological polar surface area (TPSA) is 88.8 Å². The van der Waals surface area contributed by atoms with Gasteiger partial charge in [-0.3, -0.25) is 0 Å². The van der Waals surface area contributed by atoms with Gasteiger partial charge in [-0.2, -0.15) is 0 Å². The molecule has 7 heteroatoms. The lowest BCUT2D eigenvalue weighted by Gasteiger charge is -2.20. The molecule has 1 unspecified atom stereocenters. The molecule has 0 saturated carbocycles. The Morgan fingerprint density at radius 1 is 1.25 bits per heavy atom. The van der Waals surface area contributed by atoms with Crippen molar-refractivity contribution in [1.29, 1.82) is 0 Å². The third-order valence-electron chi connectivity index (χ3n) is 3.07. The van der Waals surface area contributed by atoms with Gasteiger partial charge in [0.25, 0.3) is 0 Å².